The lowest BCUT2D eigenvalue weighted by atomic mass is 10.0. The highest BCUT2D eigenvalue weighted by atomic mass is 35.5. The van der Waals surface area contributed by atoms with E-state index in [2.05, 4.69) is 9.98 Å². The van der Waals surface area contributed by atoms with E-state index in [0.717, 1.165) is 22.5 Å². The molecule has 2 aromatic carbocycles. The van der Waals surface area contributed by atoms with E-state index in [1.165, 1.54) is 0 Å². The SMILES string of the molecule is CC1=Nc2ccccc2/C1=C\c1nc(-c2ccccc2Cl)oc1O. The maximum Gasteiger partial charge on any atom is 0.310 e. The molecule has 2 heterocycles. The molecule has 0 fully saturated rings. The molecule has 4 rings (SSSR count). The summed E-state index contributed by atoms with van der Waals surface area (Å²) in [6, 6.07) is 15.1. The van der Waals surface area contributed by atoms with Gasteiger partial charge in [-0.25, -0.2) is 4.98 Å². The van der Waals surface area contributed by atoms with Gasteiger partial charge in [0.15, 0.2) is 0 Å². The second-order valence-electron chi connectivity index (χ2n) is 5.46. The first-order valence-electron chi connectivity index (χ1n) is 7.45. The zero-order chi connectivity index (χ0) is 16.7. The Morgan fingerprint density at radius 3 is 2.54 bits per heavy atom. The smallest absolute Gasteiger partial charge is 0.310 e. The third-order valence-corrected chi connectivity index (χ3v) is 4.22. The van der Waals surface area contributed by atoms with Gasteiger partial charge in [0.05, 0.1) is 16.3 Å². The van der Waals surface area contributed by atoms with Crippen LogP contribution in [0.4, 0.5) is 5.69 Å². The van der Waals surface area contributed by atoms with E-state index in [1.54, 1.807) is 18.2 Å². The van der Waals surface area contributed by atoms with Crippen LogP contribution in [0.15, 0.2) is 57.9 Å². The number of benzene rings is 2. The summed E-state index contributed by atoms with van der Waals surface area (Å²) in [6.07, 6.45) is 1.78. The van der Waals surface area contributed by atoms with Crippen LogP contribution in [0.5, 0.6) is 5.95 Å². The molecule has 0 atom stereocenters. The highest BCUT2D eigenvalue weighted by molar-refractivity contribution is 6.33. The van der Waals surface area contributed by atoms with Gasteiger partial charge in [0, 0.05) is 16.8 Å². The molecule has 0 saturated carbocycles. The third kappa shape index (κ3) is 2.41. The summed E-state index contributed by atoms with van der Waals surface area (Å²) >= 11 is 6.16. The normalized spacial score (nSPS) is 14.8. The van der Waals surface area contributed by atoms with Crippen LogP contribution in [0.1, 0.15) is 18.2 Å². The summed E-state index contributed by atoms with van der Waals surface area (Å²) in [5, 5.41) is 10.6. The highest BCUT2D eigenvalue weighted by Gasteiger charge is 2.20. The summed E-state index contributed by atoms with van der Waals surface area (Å²) in [6.45, 7) is 1.93. The molecule has 0 spiro atoms. The molecule has 0 bridgehead atoms. The zero-order valence-electron chi connectivity index (χ0n) is 12.8. The predicted octanol–water partition coefficient (Wildman–Crippen LogP) is 5.35. The van der Waals surface area contributed by atoms with Gasteiger partial charge in [-0.15, -0.1) is 0 Å². The second kappa shape index (κ2) is 5.65. The van der Waals surface area contributed by atoms with Gasteiger partial charge in [0.25, 0.3) is 0 Å². The minimum atomic E-state index is -0.241. The van der Waals surface area contributed by atoms with Crippen LogP contribution >= 0.6 is 11.6 Å². The molecule has 0 unspecified atom stereocenters. The Labute approximate surface area is 143 Å². The van der Waals surface area contributed by atoms with Crippen molar-refractivity contribution in [3.63, 3.8) is 0 Å². The number of rotatable bonds is 2. The van der Waals surface area contributed by atoms with E-state index in [0.29, 0.717) is 16.3 Å². The van der Waals surface area contributed by atoms with E-state index >= 15 is 0 Å². The van der Waals surface area contributed by atoms with Crippen LogP contribution in [-0.4, -0.2) is 15.8 Å². The van der Waals surface area contributed by atoms with E-state index in [-0.39, 0.29) is 11.8 Å². The number of para-hydroxylation sites is 1. The van der Waals surface area contributed by atoms with E-state index < -0.39 is 0 Å². The van der Waals surface area contributed by atoms with Gasteiger partial charge in [-0.2, -0.15) is 0 Å². The Morgan fingerprint density at radius 2 is 1.75 bits per heavy atom. The third-order valence-electron chi connectivity index (χ3n) is 3.89. The van der Waals surface area contributed by atoms with Crippen molar-refractivity contribution in [2.24, 2.45) is 4.99 Å². The molecule has 0 amide bonds. The Morgan fingerprint density at radius 1 is 1.04 bits per heavy atom. The monoisotopic (exact) mass is 336 g/mol. The first kappa shape index (κ1) is 14.7. The van der Waals surface area contributed by atoms with Crippen molar-refractivity contribution in [2.45, 2.75) is 6.92 Å². The molecule has 1 aliphatic heterocycles. The van der Waals surface area contributed by atoms with E-state index in [4.69, 9.17) is 16.0 Å². The van der Waals surface area contributed by atoms with Crippen molar-refractivity contribution >= 4 is 34.6 Å². The summed E-state index contributed by atoms with van der Waals surface area (Å²) in [5.41, 5.74) is 4.70. The van der Waals surface area contributed by atoms with Crippen LogP contribution in [-0.2, 0) is 0 Å². The van der Waals surface area contributed by atoms with Crippen molar-refractivity contribution in [3.05, 3.63) is 64.8 Å². The zero-order valence-corrected chi connectivity index (χ0v) is 13.6. The van der Waals surface area contributed by atoms with E-state index in [9.17, 15) is 5.11 Å². The molecule has 1 aromatic heterocycles. The van der Waals surface area contributed by atoms with Crippen LogP contribution in [0, 0.1) is 0 Å². The number of aromatic nitrogens is 1. The molecule has 24 heavy (non-hydrogen) atoms. The number of allylic oxidation sites excluding steroid dienone is 1. The van der Waals surface area contributed by atoms with Gasteiger partial charge in [-0.05, 0) is 31.2 Å². The lowest BCUT2D eigenvalue weighted by Crippen LogP contribution is -1.90. The van der Waals surface area contributed by atoms with Gasteiger partial charge < -0.3 is 9.52 Å². The van der Waals surface area contributed by atoms with Crippen molar-refractivity contribution in [3.8, 4) is 17.4 Å². The summed E-state index contributed by atoms with van der Waals surface area (Å²) in [4.78, 5) is 8.90. The number of nitrogens with zero attached hydrogens (tertiary/aromatic N) is 2. The van der Waals surface area contributed by atoms with Gasteiger partial charge in [-0.1, -0.05) is 41.9 Å². The topological polar surface area (TPSA) is 58.6 Å². The molecule has 118 valence electrons. The van der Waals surface area contributed by atoms with Crippen molar-refractivity contribution in [1.29, 1.82) is 0 Å². The van der Waals surface area contributed by atoms with Crippen molar-refractivity contribution < 1.29 is 9.52 Å². The fourth-order valence-corrected chi connectivity index (χ4v) is 2.94. The molecule has 0 aliphatic carbocycles. The second-order valence-corrected chi connectivity index (χ2v) is 5.87. The number of fused-ring (bicyclic) bond motifs is 1. The standard InChI is InChI=1S/C19H13ClN2O2/c1-11-14(12-6-3-5-9-16(12)21-11)10-17-19(23)24-18(22-17)13-7-2-4-8-15(13)20/h2-10,23H,1H3/b14-10-. The van der Waals surface area contributed by atoms with Crippen LogP contribution in [0.3, 0.4) is 0 Å². The fourth-order valence-electron chi connectivity index (χ4n) is 2.72. The fraction of sp³-hybridized carbons (Fsp3) is 0.0526. The molecule has 1 aliphatic rings. The number of hydrogen-bond donors (Lipinski definition) is 1. The van der Waals surface area contributed by atoms with Crippen LogP contribution in [0.25, 0.3) is 23.1 Å². The van der Waals surface area contributed by atoms with E-state index in [1.807, 2.05) is 43.3 Å². The molecule has 5 heteroatoms. The number of hydrogen-bond acceptors (Lipinski definition) is 4. The number of oxazole rings is 1. The first-order valence-corrected chi connectivity index (χ1v) is 7.83. The minimum absolute atomic E-state index is 0.241. The van der Waals surface area contributed by atoms with Crippen LogP contribution in [0.2, 0.25) is 5.02 Å². The largest absolute Gasteiger partial charge is 0.479 e. The Kier molecular flexibility index (Phi) is 3.47. The average Bonchev–Trinajstić information content (AvgIpc) is 3.09. The number of aromatic hydroxyl groups is 1. The predicted molar refractivity (Wildman–Crippen MR) is 95.7 cm³/mol. The Hall–Kier alpha value is -2.85. The Bertz CT molecular complexity index is 1000. The quantitative estimate of drug-likeness (QED) is 0.686. The number of aliphatic imine (C=N–C) groups is 1. The lowest BCUT2D eigenvalue weighted by Gasteiger charge is -1.99. The summed E-state index contributed by atoms with van der Waals surface area (Å²) < 4.78 is 5.39. The first-order chi connectivity index (χ1) is 11.6. The maximum absolute atomic E-state index is 10.1. The van der Waals surface area contributed by atoms with Crippen molar-refractivity contribution in [2.75, 3.05) is 0 Å². The molecule has 4 nitrogen and oxygen atoms in total. The molecular formula is C19H13ClN2O2. The lowest BCUT2D eigenvalue weighted by molar-refractivity contribution is 0.336. The van der Waals surface area contributed by atoms with Gasteiger partial charge in [0.2, 0.25) is 5.89 Å². The summed E-state index contributed by atoms with van der Waals surface area (Å²) in [7, 11) is 0. The highest BCUT2D eigenvalue weighted by Crippen LogP contribution is 2.38. The molecular weight excluding hydrogens is 324 g/mol. The number of halogens is 1. The summed E-state index contributed by atoms with van der Waals surface area (Å²) in [5.74, 6) is 0.0421. The van der Waals surface area contributed by atoms with Gasteiger partial charge in [-0.3, -0.25) is 4.99 Å². The molecule has 0 saturated heterocycles. The Balaban J connectivity index is 1.80. The molecule has 3 aromatic rings. The molecule has 1 N–H and O–H groups in total. The molecule has 0 radical (unpaired) electrons. The van der Waals surface area contributed by atoms with Crippen LogP contribution < -0.4 is 0 Å². The van der Waals surface area contributed by atoms with Crippen molar-refractivity contribution in [1.82, 2.24) is 4.98 Å². The van der Waals surface area contributed by atoms with Gasteiger partial charge in [0.1, 0.15) is 5.69 Å². The minimum Gasteiger partial charge on any atom is -0.479 e. The maximum atomic E-state index is 10.1. The van der Waals surface area contributed by atoms with Gasteiger partial charge >= 0.3 is 5.95 Å². The average molecular weight is 337 g/mol.